The van der Waals surface area contributed by atoms with E-state index in [1.807, 2.05) is 61.5 Å². The third kappa shape index (κ3) is 7.40. The first-order chi connectivity index (χ1) is 13.2. The number of ether oxygens (including phenoxy) is 1. The van der Waals surface area contributed by atoms with Gasteiger partial charge in [0.2, 0.25) is 0 Å². The lowest BCUT2D eigenvalue weighted by Crippen LogP contribution is -2.38. The molecule has 0 saturated heterocycles. The summed E-state index contributed by atoms with van der Waals surface area (Å²) in [7, 11) is 1.62. The molecule has 6 heteroatoms. The van der Waals surface area contributed by atoms with Gasteiger partial charge in [0.05, 0.1) is 13.2 Å². The minimum atomic E-state index is -0.0854. The molecule has 27 heavy (non-hydrogen) atoms. The molecule has 3 N–H and O–H groups in total. The highest BCUT2D eigenvalue weighted by molar-refractivity contribution is 5.93. The molecule has 0 fully saturated rings. The van der Waals surface area contributed by atoms with E-state index >= 15 is 0 Å². The first-order valence-electron chi connectivity index (χ1n) is 9.24. The van der Waals surface area contributed by atoms with Crippen molar-refractivity contribution < 1.29 is 9.53 Å². The molecular formula is C21H28N4O2. The van der Waals surface area contributed by atoms with Crippen molar-refractivity contribution in [2.45, 2.75) is 19.9 Å². The monoisotopic (exact) mass is 368 g/mol. The van der Waals surface area contributed by atoms with E-state index in [1.165, 1.54) is 0 Å². The fourth-order valence-corrected chi connectivity index (χ4v) is 2.40. The van der Waals surface area contributed by atoms with Gasteiger partial charge in [-0.3, -0.25) is 4.79 Å². The molecule has 0 bridgehead atoms. The molecule has 2 rings (SSSR count). The molecule has 0 spiro atoms. The first kappa shape index (κ1) is 20.3. The van der Waals surface area contributed by atoms with Gasteiger partial charge >= 0.3 is 0 Å². The number of amides is 1. The molecule has 0 aliphatic heterocycles. The van der Waals surface area contributed by atoms with Gasteiger partial charge in [-0.15, -0.1) is 0 Å². The molecule has 2 aromatic carbocycles. The number of carbonyl (C=O) groups is 1. The Bertz CT molecular complexity index is 715. The van der Waals surface area contributed by atoms with Crippen LogP contribution in [0, 0.1) is 0 Å². The van der Waals surface area contributed by atoms with Gasteiger partial charge in [-0.05, 0) is 43.2 Å². The number of hydrogen-bond acceptors (Lipinski definition) is 3. The van der Waals surface area contributed by atoms with Gasteiger partial charge in [0.25, 0.3) is 5.91 Å². The van der Waals surface area contributed by atoms with Crippen molar-refractivity contribution in [2.24, 2.45) is 4.99 Å². The Morgan fingerprint density at radius 1 is 1.04 bits per heavy atom. The molecule has 6 nitrogen and oxygen atoms in total. The lowest BCUT2D eigenvalue weighted by molar-refractivity contribution is 0.0963. The topological polar surface area (TPSA) is 74.8 Å². The maximum absolute atomic E-state index is 11.6. The molecule has 0 unspecified atom stereocenters. The molecule has 0 aliphatic carbocycles. The van der Waals surface area contributed by atoms with Crippen LogP contribution in [-0.2, 0) is 6.54 Å². The van der Waals surface area contributed by atoms with E-state index in [4.69, 9.17) is 4.74 Å². The minimum absolute atomic E-state index is 0.0854. The zero-order valence-corrected chi connectivity index (χ0v) is 16.0. The maximum Gasteiger partial charge on any atom is 0.251 e. The second-order valence-electron chi connectivity index (χ2n) is 5.91. The van der Waals surface area contributed by atoms with Crippen molar-refractivity contribution >= 4 is 11.9 Å². The highest BCUT2D eigenvalue weighted by Gasteiger charge is 2.02. The summed E-state index contributed by atoms with van der Waals surface area (Å²) in [4.78, 5) is 16.2. The van der Waals surface area contributed by atoms with Crippen LogP contribution in [0.2, 0.25) is 0 Å². The van der Waals surface area contributed by atoms with Crippen molar-refractivity contribution in [3.8, 4) is 5.75 Å². The first-order valence-corrected chi connectivity index (χ1v) is 9.24. The highest BCUT2D eigenvalue weighted by atomic mass is 16.5. The van der Waals surface area contributed by atoms with Crippen LogP contribution in [0.25, 0.3) is 0 Å². The summed E-state index contributed by atoms with van der Waals surface area (Å²) in [6.07, 6.45) is 0.875. The fourth-order valence-electron chi connectivity index (χ4n) is 2.40. The number of nitrogens with one attached hydrogen (secondary N) is 3. The largest absolute Gasteiger partial charge is 0.494 e. The van der Waals surface area contributed by atoms with Crippen LogP contribution in [0.3, 0.4) is 0 Å². The van der Waals surface area contributed by atoms with Crippen LogP contribution in [0.5, 0.6) is 5.75 Å². The number of aliphatic imine (C=N–C) groups is 1. The fraction of sp³-hybridized carbons (Fsp3) is 0.333. The number of guanidine groups is 1. The summed E-state index contributed by atoms with van der Waals surface area (Å²) < 4.78 is 5.68. The Kier molecular flexibility index (Phi) is 8.69. The third-order valence-electron chi connectivity index (χ3n) is 3.83. The van der Waals surface area contributed by atoms with E-state index < -0.39 is 0 Å². The SMILES string of the molecule is CCNC(=NCc1ccc(C(=O)NC)cc1)NCCCOc1ccccc1. The van der Waals surface area contributed by atoms with Crippen molar-refractivity contribution in [1.29, 1.82) is 0 Å². The Labute approximate surface area is 161 Å². The van der Waals surface area contributed by atoms with Crippen molar-refractivity contribution in [1.82, 2.24) is 16.0 Å². The second kappa shape index (κ2) is 11.6. The van der Waals surface area contributed by atoms with Crippen LogP contribution >= 0.6 is 0 Å². The summed E-state index contributed by atoms with van der Waals surface area (Å²) in [6.45, 7) is 4.80. The molecule has 2 aromatic rings. The Morgan fingerprint density at radius 3 is 2.44 bits per heavy atom. The van der Waals surface area contributed by atoms with Crippen LogP contribution in [-0.4, -0.2) is 38.6 Å². The highest BCUT2D eigenvalue weighted by Crippen LogP contribution is 2.08. The summed E-state index contributed by atoms with van der Waals surface area (Å²) in [6, 6.07) is 17.3. The predicted molar refractivity (Wildman–Crippen MR) is 109 cm³/mol. The summed E-state index contributed by atoms with van der Waals surface area (Å²) in [5.41, 5.74) is 1.70. The zero-order valence-electron chi connectivity index (χ0n) is 16.0. The zero-order chi connectivity index (χ0) is 19.3. The summed E-state index contributed by atoms with van der Waals surface area (Å²) >= 11 is 0. The molecule has 0 atom stereocenters. The number of hydrogen-bond donors (Lipinski definition) is 3. The van der Waals surface area contributed by atoms with Gasteiger partial charge in [-0.25, -0.2) is 4.99 Å². The number of para-hydroxylation sites is 1. The average Bonchev–Trinajstić information content (AvgIpc) is 2.72. The van der Waals surface area contributed by atoms with Crippen molar-refractivity contribution in [3.05, 3.63) is 65.7 Å². The van der Waals surface area contributed by atoms with Crippen molar-refractivity contribution in [3.63, 3.8) is 0 Å². The van der Waals surface area contributed by atoms with Gasteiger partial charge in [-0.2, -0.15) is 0 Å². The van der Waals surface area contributed by atoms with E-state index in [0.717, 1.165) is 36.8 Å². The molecule has 144 valence electrons. The van der Waals surface area contributed by atoms with Crippen LogP contribution in [0.1, 0.15) is 29.3 Å². The van der Waals surface area contributed by atoms with E-state index in [2.05, 4.69) is 20.9 Å². The van der Waals surface area contributed by atoms with E-state index in [9.17, 15) is 4.79 Å². The maximum atomic E-state index is 11.6. The molecule has 0 aromatic heterocycles. The van der Waals surface area contributed by atoms with Gasteiger partial charge in [-0.1, -0.05) is 30.3 Å². The van der Waals surface area contributed by atoms with Gasteiger partial charge in [0.15, 0.2) is 5.96 Å². The van der Waals surface area contributed by atoms with E-state index in [-0.39, 0.29) is 5.91 Å². The minimum Gasteiger partial charge on any atom is -0.494 e. The Morgan fingerprint density at radius 2 is 1.78 bits per heavy atom. The predicted octanol–water partition coefficient (Wildman–Crippen LogP) is 2.57. The number of benzene rings is 2. The number of carbonyl (C=O) groups excluding carboxylic acids is 1. The summed E-state index contributed by atoms with van der Waals surface area (Å²) in [5.74, 6) is 1.57. The van der Waals surface area contributed by atoms with Gasteiger partial charge in [0.1, 0.15) is 5.75 Å². The van der Waals surface area contributed by atoms with Crippen molar-refractivity contribution in [2.75, 3.05) is 26.7 Å². The van der Waals surface area contributed by atoms with Crippen LogP contribution in [0.4, 0.5) is 0 Å². The Hall–Kier alpha value is -3.02. The molecule has 0 aliphatic rings. The molecular weight excluding hydrogens is 340 g/mol. The van der Waals surface area contributed by atoms with E-state index in [1.54, 1.807) is 7.05 Å². The van der Waals surface area contributed by atoms with Gasteiger partial charge in [0, 0.05) is 25.7 Å². The number of rotatable bonds is 9. The normalized spacial score (nSPS) is 11.0. The Balaban J connectivity index is 1.77. The lowest BCUT2D eigenvalue weighted by atomic mass is 10.1. The van der Waals surface area contributed by atoms with Crippen LogP contribution < -0.4 is 20.7 Å². The smallest absolute Gasteiger partial charge is 0.251 e. The van der Waals surface area contributed by atoms with E-state index in [0.29, 0.717) is 18.7 Å². The lowest BCUT2D eigenvalue weighted by Gasteiger charge is -2.12. The molecule has 1 amide bonds. The standard InChI is InChI=1S/C21H28N4O2/c1-3-23-21(24-14-7-15-27-19-8-5-4-6-9-19)25-16-17-10-12-18(13-11-17)20(26)22-2/h4-6,8-13H,3,7,14-16H2,1-2H3,(H,22,26)(H2,23,24,25). The summed E-state index contributed by atoms with van der Waals surface area (Å²) in [5, 5.41) is 9.16. The molecule has 0 heterocycles. The average molecular weight is 368 g/mol. The second-order valence-corrected chi connectivity index (χ2v) is 5.91. The number of nitrogens with zero attached hydrogens (tertiary/aromatic N) is 1. The third-order valence-corrected chi connectivity index (χ3v) is 3.83. The quantitative estimate of drug-likeness (QED) is 0.361. The molecule has 0 saturated carbocycles. The van der Waals surface area contributed by atoms with Crippen LogP contribution in [0.15, 0.2) is 59.6 Å². The molecule has 0 radical (unpaired) electrons. The van der Waals surface area contributed by atoms with Gasteiger partial charge < -0.3 is 20.7 Å².